The predicted octanol–water partition coefficient (Wildman–Crippen LogP) is 3.82. The van der Waals surface area contributed by atoms with E-state index < -0.39 is 5.97 Å². The van der Waals surface area contributed by atoms with Gasteiger partial charge in [0.25, 0.3) is 0 Å². The summed E-state index contributed by atoms with van der Waals surface area (Å²) >= 11 is 6.05. The predicted molar refractivity (Wildman–Crippen MR) is 105 cm³/mol. The lowest BCUT2D eigenvalue weighted by Crippen LogP contribution is -2.32. The van der Waals surface area contributed by atoms with Crippen molar-refractivity contribution in [1.29, 1.82) is 0 Å². The molecule has 2 aromatic carbocycles. The molecule has 0 radical (unpaired) electrons. The fourth-order valence-electron chi connectivity index (χ4n) is 2.47. The van der Waals surface area contributed by atoms with E-state index in [1.165, 1.54) is 18.9 Å². The number of amides is 2. The molecule has 1 N–H and O–H groups in total. The Kier molecular flexibility index (Phi) is 6.96. The molecule has 142 valence electrons. The van der Waals surface area contributed by atoms with E-state index in [2.05, 4.69) is 10.1 Å². The second-order valence-corrected chi connectivity index (χ2v) is 6.38. The Morgan fingerprint density at radius 1 is 1.11 bits per heavy atom. The zero-order chi connectivity index (χ0) is 20.0. The van der Waals surface area contributed by atoms with Crippen molar-refractivity contribution >= 4 is 40.8 Å². The molecule has 0 bridgehead atoms. The number of carbonyl (C=O) groups is 3. The van der Waals surface area contributed by atoms with E-state index in [9.17, 15) is 14.4 Å². The smallest absolute Gasteiger partial charge is 0.337 e. The summed E-state index contributed by atoms with van der Waals surface area (Å²) in [5.41, 5.74) is 2.51. The summed E-state index contributed by atoms with van der Waals surface area (Å²) in [6, 6.07) is 11.7. The Bertz CT molecular complexity index is 850. The monoisotopic (exact) mass is 388 g/mol. The highest BCUT2D eigenvalue weighted by molar-refractivity contribution is 6.31. The molecule has 0 fully saturated rings. The zero-order valence-electron chi connectivity index (χ0n) is 15.4. The van der Waals surface area contributed by atoms with Crippen molar-refractivity contribution in [3.05, 3.63) is 58.6 Å². The normalized spacial score (nSPS) is 10.2. The van der Waals surface area contributed by atoms with Gasteiger partial charge in [-0.05, 0) is 48.9 Å². The molecule has 0 spiro atoms. The molecule has 0 aliphatic heterocycles. The largest absolute Gasteiger partial charge is 0.465 e. The zero-order valence-corrected chi connectivity index (χ0v) is 16.2. The molecule has 2 amide bonds. The second-order valence-electron chi connectivity index (χ2n) is 5.97. The number of aryl methyl sites for hydroxylation is 1. The molecule has 0 unspecified atom stereocenters. The van der Waals surface area contributed by atoms with Gasteiger partial charge in [0, 0.05) is 36.3 Å². The number of hydrogen-bond donors (Lipinski definition) is 1. The van der Waals surface area contributed by atoms with E-state index in [-0.39, 0.29) is 24.8 Å². The third kappa shape index (κ3) is 5.56. The minimum atomic E-state index is -0.452. The van der Waals surface area contributed by atoms with E-state index in [1.807, 2.05) is 13.0 Å². The van der Waals surface area contributed by atoms with Crippen LogP contribution in [0.25, 0.3) is 0 Å². The van der Waals surface area contributed by atoms with Gasteiger partial charge in [-0.15, -0.1) is 0 Å². The summed E-state index contributed by atoms with van der Waals surface area (Å²) in [6.07, 6.45) is 0.115. The van der Waals surface area contributed by atoms with Crippen LogP contribution in [0.4, 0.5) is 11.4 Å². The van der Waals surface area contributed by atoms with Crippen LogP contribution in [-0.2, 0) is 14.3 Å². The minimum absolute atomic E-state index is 0.115. The quantitative estimate of drug-likeness (QED) is 0.763. The summed E-state index contributed by atoms with van der Waals surface area (Å²) in [5.74, 6) is -0.883. The summed E-state index contributed by atoms with van der Waals surface area (Å²) < 4.78 is 4.65. The average Bonchev–Trinajstić information content (AvgIpc) is 2.64. The van der Waals surface area contributed by atoms with E-state index >= 15 is 0 Å². The van der Waals surface area contributed by atoms with E-state index in [1.54, 1.807) is 36.4 Å². The van der Waals surface area contributed by atoms with Gasteiger partial charge in [-0.2, -0.15) is 0 Å². The molecule has 2 aromatic rings. The molecule has 0 aromatic heterocycles. The summed E-state index contributed by atoms with van der Waals surface area (Å²) in [7, 11) is 1.30. The molecule has 0 aliphatic carbocycles. The number of carbonyl (C=O) groups excluding carboxylic acids is 3. The van der Waals surface area contributed by atoms with Crippen LogP contribution in [0.2, 0.25) is 5.02 Å². The maximum Gasteiger partial charge on any atom is 0.337 e. The number of nitrogens with one attached hydrogen (secondary N) is 1. The number of benzene rings is 2. The molecule has 2 rings (SSSR count). The first-order valence-electron chi connectivity index (χ1n) is 8.34. The Morgan fingerprint density at radius 2 is 1.78 bits per heavy atom. The molecule has 7 heteroatoms. The maximum atomic E-state index is 12.2. The molecule has 27 heavy (non-hydrogen) atoms. The highest BCUT2D eigenvalue weighted by Crippen LogP contribution is 2.20. The molecule has 0 atom stereocenters. The van der Waals surface area contributed by atoms with Crippen molar-refractivity contribution in [2.75, 3.05) is 23.9 Å². The van der Waals surface area contributed by atoms with Gasteiger partial charge in [0.05, 0.1) is 12.7 Å². The molecule has 0 heterocycles. The van der Waals surface area contributed by atoms with E-state index in [0.717, 1.165) is 5.56 Å². The topological polar surface area (TPSA) is 75.7 Å². The highest BCUT2D eigenvalue weighted by atomic mass is 35.5. The van der Waals surface area contributed by atoms with Gasteiger partial charge in [0.1, 0.15) is 0 Å². The van der Waals surface area contributed by atoms with Gasteiger partial charge in [-0.3, -0.25) is 9.59 Å². The van der Waals surface area contributed by atoms with Gasteiger partial charge in [0.2, 0.25) is 11.8 Å². The Labute approximate surface area is 163 Å². The standard InChI is InChI=1S/C20H21ClN2O4/c1-13-4-7-16(12-18(13)21)22-19(25)10-11-23(14(2)24)17-8-5-15(6-9-17)20(26)27-3/h4-9,12H,10-11H2,1-3H3,(H,22,25). The lowest BCUT2D eigenvalue weighted by molar-refractivity contribution is -0.117. The van der Waals surface area contributed by atoms with Crippen LogP contribution in [0, 0.1) is 6.92 Å². The Morgan fingerprint density at radius 3 is 2.33 bits per heavy atom. The van der Waals surface area contributed by atoms with Crippen LogP contribution in [0.3, 0.4) is 0 Å². The van der Waals surface area contributed by atoms with Crippen molar-refractivity contribution < 1.29 is 19.1 Å². The molecule has 0 saturated carbocycles. The molecular weight excluding hydrogens is 368 g/mol. The lowest BCUT2D eigenvalue weighted by atomic mass is 10.2. The minimum Gasteiger partial charge on any atom is -0.465 e. The fourth-order valence-corrected chi connectivity index (χ4v) is 2.65. The van der Waals surface area contributed by atoms with Crippen molar-refractivity contribution in [2.24, 2.45) is 0 Å². The highest BCUT2D eigenvalue weighted by Gasteiger charge is 2.15. The van der Waals surface area contributed by atoms with Crippen LogP contribution in [0.5, 0.6) is 0 Å². The van der Waals surface area contributed by atoms with Crippen LogP contribution in [0.1, 0.15) is 29.3 Å². The van der Waals surface area contributed by atoms with E-state index in [0.29, 0.717) is 22.0 Å². The number of methoxy groups -OCH3 is 1. The fraction of sp³-hybridized carbons (Fsp3) is 0.250. The number of hydrogen-bond acceptors (Lipinski definition) is 4. The van der Waals surface area contributed by atoms with Crippen LogP contribution in [0.15, 0.2) is 42.5 Å². The third-order valence-electron chi connectivity index (χ3n) is 4.00. The molecule has 0 aliphatic rings. The van der Waals surface area contributed by atoms with Gasteiger partial charge in [-0.25, -0.2) is 4.79 Å². The van der Waals surface area contributed by atoms with Crippen LogP contribution >= 0.6 is 11.6 Å². The average molecular weight is 389 g/mol. The number of nitrogens with zero attached hydrogens (tertiary/aromatic N) is 1. The first kappa shape index (κ1) is 20.5. The molecular formula is C20H21ClN2O4. The second kappa shape index (κ2) is 9.19. The van der Waals surface area contributed by atoms with Gasteiger partial charge < -0.3 is 15.0 Å². The summed E-state index contributed by atoms with van der Waals surface area (Å²) in [6.45, 7) is 3.51. The van der Waals surface area contributed by atoms with E-state index in [4.69, 9.17) is 11.6 Å². The number of halogens is 1. The first-order chi connectivity index (χ1) is 12.8. The van der Waals surface area contributed by atoms with Crippen molar-refractivity contribution in [3.8, 4) is 0 Å². The number of rotatable bonds is 6. The van der Waals surface area contributed by atoms with Gasteiger partial charge in [0.15, 0.2) is 0 Å². The lowest BCUT2D eigenvalue weighted by Gasteiger charge is -2.21. The third-order valence-corrected chi connectivity index (χ3v) is 4.41. The maximum absolute atomic E-state index is 12.2. The SMILES string of the molecule is COC(=O)c1ccc(N(CCC(=O)Nc2ccc(C)c(Cl)c2)C(C)=O)cc1. The van der Waals surface area contributed by atoms with Crippen LogP contribution < -0.4 is 10.2 Å². The summed E-state index contributed by atoms with van der Waals surface area (Å²) in [5, 5.41) is 3.34. The molecule has 0 saturated heterocycles. The molecule has 6 nitrogen and oxygen atoms in total. The van der Waals surface area contributed by atoms with Gasteiger partial charge in [-0.1, -0.05) is 17.7 Å². The Balaban J connectivity index is 2.01. The van der Waals surface area contributed by atoms with Crippen molar-refractivity contribution in [3.63, 3.8) is 0 Å². The van der Waals surface area contributed by atoms with Crippen molar-refractivity contribution in [1.82, 2.24) is 0 Å². The summed E-state index contributed by atoms with van der Waals surface area (Å²) in [4.78, 5) is 37.1. The van der Waals surface area contributed by atoms with Crippen molar-refractivity contribution in [2.45, 2.75) is 20.3 Å². The van der Waals surface area contributed by atoms with Crippen LogP contribution in [-0.4, -0.2) is 31.4 Å². The number of ether oxygens (including phenoxy) is 1. The first-order valence-corrected chi connectivity index (χ1v) is 8.72. The Hall–Kier alpha value is -2.86. The number of esters is 1. The number of anilines is 2. The van der Waals surface area contributed by atoms with Gasteiger partial charge >= 0.3 is 5.97 Å².